The Hall–Kier alpha value is -5.00. The number of hydrogen-bond donors (Lipinski definition) is 3. The van der Waals surface area contributed by atoms with Gasteiger partial charge in [0.1, 0.15) is 0 Å². The van der Waals surface area contributed by atoms with Gasteiger partial charge in [-0.2, -0.15) is 18.2 Å². The number of benzene rings is 2. The molecule has 5 rings (SSSR count). The van der Waals surface area contributed by atoms with Crippen molar-refractivity contribution in [2.24, 2.45) is 0 Å². The Kier molecular flexibility index (Phi) is 11.8. The van der Waals surface area contributed by atoms with Gasteiger partial charge in [0.15, 0.2) is 5.65 Å². The molecule has 3 N–H and O–H groups in total. The Labute approximate surface area is 260 Å². The number of alkyl halides is 3. The number of hydrogen-bond acceptors (Lipinski definition) is 6. The van der Waals surface area contributed by atoms with Gasteiger partial charge in [0.25, 0.3) is 5.91 Å². The Morgan fingerprint density at radius 2 is 1.67 bits per heavy atom. The lowest BCUT2D eigenvalue weighted by Gasteiger charge is -2.27. The molecule has 0 spiro atoms. The molecule has 0 radical (unpaired) electrons. The zero-order valence-electron chi connectivity index (χ0n) is 24.8. The molecule has 0 saturated carbocycles. The number of nitrogens with zero attached hydrogens (tertiary/aromatic N) is 4. The largest absolute Gasteiger partial charge is 0.416 e. The van der Waals surface area contributed by atoms with Crippen molar-refractivity contribution in [2.75, 3.05) is 44.6 Å². The number of rotatable bonds is 10. The molecule has 1 amide bonds. The Bertz CT molecular complexity index is 1620. The summed E-state index contributed by atoms with van der Waals surface area (Å²) in [7, 11) is 0. The zero-order chi connectivity index (χ0) is 32.1. The molecule has 0 atom stereocenters. The molecule has 45 heavy (non-hydrogen) atoms. The molecule has 1 aliphatic heterocycles. The van der Waals surface area contributed by atoms with Gasteiger partial charge in [-0.05, 0) is 54.1 Å². The topological polar surface area (TPSA) is 86.6 Å². The highest BCUT2D eigenvalue weighted by molar-refractivity contribution is 5.94. The first-order valence-corrected chi connectivity index (χ1v) is 14.5. The molecule has 2 aromatic carbocycles. The second-order valence-electron chi connectivity index (χ2n) is 10.00. The van der Waals surface area contributed by atoms with E-state index >= 15 is 0 Å². The van der Waals surface area contributed by atoms with Crippen molar-refractivity contribution in [3.8, 4) is 11.1 Å². The van der Waals surface area contributed by atoms with Crippen LogP contribution < -0.4 is 16.0 Å². The third kappa shape index (κ3) is 9.75. The van der Waals surface area contributed by atoms with Crippen molar-refractivity contribution in [3.05, 3.63) is 128 Å². The van der Waals surface area contributed by atoms with Crippen LogP contribution in [0.5, 0.6) is 0 Å². The number of carbonyl (C=O) groups excluding carboxylic acids is 1. The molecule has 1 aliphatic rings. The van der Waals surface area contributed by atoms with Crippen molar-refractivity contribution in [1.82, 2.24) is 30.1 Å². The summed E-state index contributed by atoms with van der Waals surface area (Å²) in [5.41, 5.74) is 1.84. The fourth-order valence-electron chi connectivity index (χ4n) is 4.53. The number of aromatic nitrogens is 3. The molecule has 1 fully saturated rings. The monoisotopic (exact) mass is 615 g/mol. The molecule has 3 heterocycles. The summed E-state index contributed by atoms with van der Waals surface area (Å²) in [4.78, 5) is 19.3. The van der Waals surface area contributed by atoms with Crippen LogP contribution in [-0.4, -0.2) is 64.7 Å². The lowest BCUT2D eigenvalue weighted by atomic mass is 10.0. The summed E-state index contributed by atoms with van der Waals surface area (Å²) in [5.74, 6) is 0.144. The SMILES string of the molecule is C=C/C=C/C=C/C=C.O=C(NCCN1CCNCC1)c1ccc(Nc2nc3c(-c4cccc(C(F)(F)F)c4)cccn3n2)cc1. The number of allylic oxidation sites excluding steroid dienone is 6. The van der Waals surface area contributed by atoms with Gasteiger partial charge in [0.2, 0.25) is 5.95 Å². The van der Waals surface area contributed by atoms with E-state index in [0.717, 1.165) is 44.9 Å². The Morgan fingerprint density at radius 3 is 2.33 bits per heavy atom. The van der Waals surface area contributed by atoms with E-state index in [1.165, 1.54) is 10.6 Å². The van der Waals surface area contributed by atoms with E-state index in [1.807, 2.05) is 24.3 Å². The maximum Gasteiger partial charge on any atom is 0.416 e. The average molecular weight is 616 g/mol. The Morgan fingerprint density at radius 1 is 0.956 bits per heavy atom. The zero-order valence-corrected chi connectivity index (χ0v) is 24.8. The van der Waals surface area contributed by atoms with Crippen LogP contribution in [0, 0.1) is 0 Å². The van der Waals surface area contributed by atoms with E-state index in [0.29, 0.717) is 34.6 Å². The highest BCUT2D eigenvalue weighted by Gasteiger charge is 2.30. The number of amides is 1. The molecule has 11 heteroatoms. The summed E-state index contributed by atoms with van der Waals surface area (Å²) in [6, 6.07) is 15.5. The minimum atomic E-state index is -4.43. The first kappa shape index (κ1) is 32.9. The summed E-state index contributed by atoms with van der Waals surface area (Å²) in [6.45, 7) is 12.3. The number of pyridine rings is 1. The van der Waals surface area contributed by atoms with Crippen LogP contribution in [0.4, 0.5) is 24.8 Å². The van der Waals surface area contributed by atoms with Crippen LogP contribution in [0.25, 0.3) is 16.8 Å². The molecule has 1 saturated heterocycles. The quantitative estimate of drug-likeness (QED) is 0.183. The van der Waals surface area contributed by atoms with E-state index in [2.05, 4.69) is 44.1 Å². The molecule has 4 aromatic rings. The summed E-state index contributed by atoms with van der Waals surface area (Å²) >= 11 is 0. The summed E-state index contributed by atoms with van der Waals surface area (Å²) in [6.07, 6.45) is 8.22. The van der Waals surface area contributed by atoms with Gasteiger partial charge in [0, 0.05) is 62.3 Å². The maximum absolute atomic E-state index is 13.2. The van der Waals surface area contributed by atoms with Crippen molar-refractivity contribution < 1.29 is 18.0 Å². The number of halogens is 3. The van der Waals surface area contributed by atoms with E-state index in [1.54, 1.807) is 60.8 Å². The predicted octanol–water partition coefficient (Wildman–Crippen LogP) is 6.26. The minimum absolute atomic E-state index is 0.140. The third-order valence-corrected chi connectivity index (χ3v) is 6.80. The lowest BCUT2D eigenvalue weighted by Crippen LogP contribution is -2.46. The van der Waals surface area contributed by atoms with Gasteiger partial charge < -0.3 is 16.0 Å². The van der Waals surface area contributed by atoms with Crippen LogP contribution in [0.1, 0.15) is 15.9 Å². The van der Waals surface area contributed by atoms with Crippen LogP contribution in [0.3, 0.4) is 0 Å². The molecule has 8 nitrogen and oxygen atoms in total. The van der Waals surface area contributed by atoms with Crippen LogP contribution in [0.2, 0.25) is 0 Å². The predicted molar refractivity (Wildman–Crippen MR) is 173 cm³/mol. The van der Waals surface area contributed by atoms with E-state index in [4.69, 9.17) is 0 Å². The normalized spacial score (nSPS) is 13.8. The highest BCUT2D eigenvalue weighted by Crippen LogP contribution is 2.33. The van der Waals surface area contributed by atoms with Gasteiger partial charge >= 0.3 is 6.18 Å². The van der Waals surface area contributed by atoms with Crippen LogP contribution >= 0.6 is 0 Å². The number of anilines is 2. The van der Waals surface area contributed by atoms with Crippen molar-refractivity contribution >= 4 is 23.2 Å². The molecule has 234 valence electrons. The number of fused-ring (bicyclic) bond motifs is 1. The highest BCUT2D eigenvalue weighted by atomic mass is 19.4. The van der Waals surface area contributed by atoms with Crippen LogP contribution in [-0.2, 0) is 6.18 Å². The van der Waals surface area contributed by atoms with Gasteiger partial charge in [-0.15, -0.1) is 5.10 Å². The number of nitrogens with one attached hydrogen (secondary N) is 3. The number of piperazine rings is 1. The van der Waals surface area contributed by atoms with E-state index < -0.39 is 11.7 Å². The van der Waals surface area contributed by atoms with Gasteiger partial charge in [0.05, 0.1) is 5.56 Å². The molecule has 2 aromatic heterocycles. The maximum atomic E-state index is 13.2. The Balaban J connectivity index is 0.000000510. The molecular weight excluding hydrogens is 579 g/mol. The first-order chi connectivity index (χ1) is 21.8. The average Bonchev–Trinajstić information content (AvgIpc) is 3.46. The molecule has 0 bridgehead atoms. The molecular formula is C34H36F3N7O. The molecule has 0 aliphatic carbocycles. The standard InChI is InChI=1S/C26H26F3N7O.C8H10/c27-26(28,29)20-4-1-3-19(17-20)22-5-2-13-36-23(22)33-25(34-36)32-21-8-6-18(7-9-21)24(37)31-12-16-35-14-10-30-11-15-35;1-3-5-7-8-6-4-2/h1-9,13,17,30H,10-12,14-16H2,(H,31,37)(H,32,34);3-8H,1-2H2/b;7-5+,8-6+. The van der Waals surface area contributed by atoms with E-state index in [-0.39, 0.29) is 11.9 Å². The second-order valence-corrected chi connectivity index (χ2v) is 10.00. The molecule has 0 unspecified atom stereocenters. The fourth-order valence-corrected chi connectivity index (χ4v) is 4.53. The fraction of sp³-hybridized carbons (Fsp3) is 0.206. The lowest BCUT2D eigenvalue weighted by molar-refractivity contribution is -0.137. The van der Waals surface area contributed by atoms with Crippen molar-refractivity contribution in [1.29, 1.82) is 0 Å². The van der Waals surface area contributed by atoms with Crippen LogP contribution in [0.15, 0.2) is 116 Å². The summed E-state index contributed by atoms with van der Waals surface area (Å²) in [5, 5.41) is 13.7. The smallest absolute Gasteiger partial charge is 0.351 e. The number of carbonyl (C=O) groups is 1. The van der Waals surface area contributed by atoms with E-state index in [9.17, 15) is 18.0 Å². The van der Waals surface area contributed by atoms with Gasteiger partial charge in [-0.3, -0.25) is 9.69 Å². The first-order valence-electron chi connectivity index (χ1n) is 14.5. The van der Waals surface area contributed by atoms with Gasteiger partial charge in [-0.25, -0.2) is 4.52 Å². The third-order valence-electron chi connectivity index (χ3n) is 6.80. The summed E-state index contributed by atoms with van der Waals surface area (Å²) < 4.78 is 41.1. The minimum Gasteiger partial charge on any atom is -0.351 e. The van der Waals surface area contributed by atoms with Crippen molar-refractivity contribution in [3.63, 3.8) is 0 Å². The van der Waals surface area contributed by atoms with Crippen molar-refractivity contribution in [2.45, 2.75) is 6.18 Å². The van der Waals surface area contributed by atoms with Gasteiger partial charge in [-0.1, -0.05) is 61.7 Å². The second kappa shape index (κ2) is 16.2.